The van der Waals surface area contributed by atoms with Gasteiger partial charge in [0.1, 0.15) is 5.75 Å². The van der Waals surface area contributed by atoms with E-state index in [2.05, 4.69) is 21.8 Å². The first-order valence-corrected chi connectivity index (χ1v) is 19.7. The minimum Gasteiger partial charge on any atom is -0.490 e. The number of hydrogen-bond acceptors (Lipinski definition) is 7. The summed E-state index contributed by atoms with van der Waals surface area (Å²) in [5, 5.41) is -0.0316. The molecule has 260 valence electrons. The summed E-state index contributed by atoms with van der Waals surface area (Å²) >= 11 is 6.45. The average molecular weight is 698 g/mol. The van der Waals surface area contributed by atoms with Gasteiger partial charge in [0.05, 0.1) is 30.8 Å². The van der Waals surface area contributed by atoms with Crippen molar-refractivity contribution in [2.45, 2.75) is 75.9 Å². The molecule has 48 heavy (non-hydrogen) atoms. The first kappa shape index (κ1) is 33.7. The molecule has 2 amide bonds. The number of carbonyl (C=O) groups excluding carboxylic acids is 2. The van der Waals surface area contributed by atoms with E-state index in [0.29, 0.717) is 57.5 Å². The molecule has 2 aromatic rings. The molecule has 3 heterocycles. The van der Waals surface area contributed by atoms with Crippen LogP contribution < -0.4 is 14.4 Å². The number of aryl methyl sites for hydroxylation is 1. The number of benzene rings is 2. The number of amides is 2. The van der Waals surface area contributed by atoms with E-state index in [9.17, 15) is 18.0 Å². The first-order chi connectivity index (χ1) is 23.0. The van der Waals surface area contributed by atoms with Gasteiger partial charge in [-0.2, -0.15) is 0 Å². The molecule has 0 radical (unpaired) electrons. The third kappa shape index (κ3) is 6.44. The van der Waals surface area contributed by atoms with Crippen molar-refractivity contribution >= 4 is 39.1 Å². The van der Waals surface area contributed by atoms with Crippen molar-refractivity contribution in [3.8, 4) is 5.75 Å². The Kier molecular flexibility index (Phi) is 9.45. The zero-order chi connectivity index (χ0) is 33.6. The van der Waals surface area contributed by atoms with E-state index in [-0.39, 0.29) is 34.6 Å². The lowest BCUT2D eigenvalue weighted by Crippen LogP contribution is -2.51. The highest BCUT2D eigenvalue weighted by Gasteiger charge is 2.46. The van der Waals surface area contributed by atoms with Gasteiger partial charge in [0.25, 0.3) is 5.91 Å². The molecule has 0 aromatic heterocycles. The van der Waals surface area contributed by atoms with Gasteiger partial charge in [-0.25, -0.2) is 13.1 Å². The van der Waals surface area contributed by atoms with Crippen molar-refractivity contribution in [1.29, 1.82) is 0 Å². The van der Waals surface area contributed by atoms with Gasteiger partial charge >= 0.3 is 0 Å². The van der Waals surface area contributed by atoms with Crippen LogP contribution in [-0.2, 0) is 31.4 Å². The van der Waals surface area contributed by atoms with Gasteiger partial charge in [-0.05, 0) is 111 Å². The van der Waals surface area contributed by atoms with Gasteiger partial charge in [-0.15, -0.1) is 0 Å². The molecule has 1 spiro atoms. The number of rotatable bonds is 1. The van der Waals surface area contributed by atoms with Crippen LogP contribution in [0.1, 0.15) is 80.3 Å². The Balaban J connectivity index is 1.29. The van der Waals surface area contributed by atoms with E-state index in [1.54, 1.807) is 19.1 Å². The third-order valence-corrected chi connectivity index (χ3v) is 14.2. The molecule has 1 saturated heterocycles. The quantitative estimate of drug-likeness (QED) is 0.415. The largest absolute Gasteiger partial charge is 0.490 e. The van der Waals surface area contributed by atoms with E-state index in [4.69, 9.17) is 21.1 Å². The van der Waals surface area contributed by atoms with Crippen molar-refractivity contribution < 1.29 is 27.5 Å². The third-order valence-electron chi connectivity index (χ3n) is 12.1. The second-order valence-corrected chi connectivity index (χ2v) is 17.4. The summed E-state index contributed by atoms with van der Waals surface area (Å²) in [5.74, 6) is 0.515. The first-order valence-electron chi connectivity index (χ1n) is 17.8. The van der Waals surface area contributed by atoms with E-state index in [1.165, 1.54) is 11.1 Å². The summed E-state index contributed by atoms with van der Waals surface area (Å²) in [6.07, 6.45) is 7.12. The van der Waals surface area contributed by atoms with Gasteiger partial charge in [0, 0.05) is 48.1 Å². The smallest absolute Gasteiger partial charge is 0.264 e. The maximum atomic E-state index is 14.2. The summed E-state index contributed by atoms with van der Waals surface area (Å²) in [5.41, 5.74) is 3.32. The van der Waals surface area contributed by atoms with Crippen LogP contribution >= 0.6 is 11.6 Å². The number of sulfonamides is 1. The van der Waals surface area contributed by atoms with Crippen molar-refractivity contribution in [3.05, 3.63) is 58.1 Å². The van der Waals surface area contributed by atoms with Crippen LogP contribution in [0.3, 0.4) is 0 Å². The lowest BCUT2D eigenvalue weighted by atomic mass is 9.64. The minimum absolute atomic E-state index is 0.117. The lowest BCUT2D eigenvalue weighted by molar-refractivity contribution is -0.144. The normalized spacial score (nSPS) is 32.1. The molecule has 5 aliphatic rings. The number of ether oxygens (including phenoxy) is 2. The van der Waals surface area contributed by atoms with Crippen LogP contribution in [0.25, 0.3) is 0 Å². The highest BCUT2D eigenvalue weighted by atomic mass is 35.5. The molecule has 1 saturated carbocycles. The summed E-state index contributed by atoms with van der Waals surface area (Å²) < 4.78 is 41.4. The highest BCUT2D eigenvalue weighted by Crippen LogP contribution is 2.48. The van der Waals surface area contributed by atoms with Crippen LogP contribution in [-0.4, -0.2) is 76.4 Å². The molecule has 2 bridgehead atoms. The van der Waals surface area contributed by atoms with Crippen LogP contribution in [0.2, 0.25) is 5.02 Å². The standard InChI is InChI=1S/C37H48ClN3O6S/c1-24-5-3-7-31(36(43)40-15-17-46-18-16-40)30-11-8-28(30)21-41-22-37(14-4-6-26-19-29(38)10-12-32(26)37)23-47-34-13-9-27(20-33(34)41)35(42)39-48(44,45)25(24)2/h9-10,12-13,19-20,24-25,28,30-31H,3-8,11,14-18,21-23H2,1-2H3,(H,39,42)/t24?,25?,28?,30?,31-,37-/m0/s1. The Hall–Kier alpha value is -2.82. The Morgan fingerprint density at radius 3 is 2.60 bits per heavy atom. The number of nitrogens with zero attached hydrogens (tertiary/aromatic N) is 2. The molecular formula is C37H48ClN3O6S. The van der Waals surface area contributed by atoms with Crippen LogP contribution in [0.4, 0.5) is 5.69 Å². The van der Waals surface area contributed by atoms with E-state index < -0.39 is 21.2 Å². The molecule has 2 aromatic carbocycles. The number of halogens is 1. The molecule has 7 rings (SSSR count). The van der Waals surface area contributed by atoms with Gasteiger partial charge in [-0.1, -0.05) is 31.0 Å². The Morgan fingerprint density at radius 1 is 1.02 bits per heavy atom. The van der Waals surface area contributed by atoms with E-state index in [1.807, 2.05) is 24.0 Å². The number of morpholine rings is 1. The SMILES string of the molecule is CC1CCC[C@H](C(=O)N2CCOCC2)C2CCC2CN2C[C@@]3(CCCc4cc(Cl)ccc43)COc3ccc(cc32)C(=O)NS(=O)(=O)C1C. The Morgan fingerprint density at radius 2 is 1.83 bits per heavy atom. The Labute approximate surface area is 289 Å². The zero-order valence-electron chi connectivity index (χ0n) is 28.1. The van der Waals surface area contributed by atoms with E-state index >= 15 is 0 Å². The fourth-order valence-electron chi connectivity index (χ4n) is 8.91. The minimum atomic E-state index is -3.94. The summed E-state index contributed by atoms with van der Waals surface area (Å²) in [6.45, 7) is 7.86. The fourth-order valence-corrected chi connectivity index (χ4v) is 10.4. The second-order valence-electron chi connectivity index (χ2n) is 14.9. The van der Waals surface area contributed by atoms with Crippen molar-refractivity contribution in [2.75, 3.05) is 50.9 Å². The predicted molar refractivity (Wildman–Crippen MR) is 186 cm³/mol. The second kappa shape index (κ2) is 13.5. The topological polar surface area (TPSA) is 105 Å². The average Bonchev–Trinajstić information content (AvgIpc) is 3.21. The maximum Gasteiger partial charge on any atom is 0.264 e. The zero-order valence-corrected chi connectivity index (χ0v) is 29.7. The van der Waals surface area contributed by atoms with Gasteiger partial charge in [0.2, 0.25) is 15.9 Å². The van der Waals surface area contributed by atoms with Crippen molar-refractivity contribution in [1.82, 2.24) is 9.62 Å². The predicted octanol–water partition coefficient (Wildman–Crippen LogP) is 5.58. The molecule has 4 unspecified atom stereocenters. The van der Waals surface area contributed by atoms with Crippen LogP contribution in [0, 0.1) is 23.7 Å². The lowest BCUT2D eigenvalue weighted by Gasteiger charge is -2.47. The summed E-state index contributed by atoms with van der Waals surface area (Å²) in [6, 6.07) is 11.5. The molecule has 2 aliphatic carbocycles. The molecule has 11 heteroatoms. The fraction of sp³-hybridized carbons (Fsp3) is 0.622. The monoisotopic (exact) mass is 697 g/mol. The molecule has 3 aliphatic heterocycles. The number of nitrogens with one attached hydrogen (secondary N) is 1. The maximum absolute atomic E-state index is 14.2. The van der Waals surface area contributed by atoms with Crippen LogP contribution in [0.15, 0.2) is 36.4 Å². The van der Waals surface area contributed by atoms with Gasteiger partial charge in [0.15, 0.2) is 0 Å². The van der Waals surface area contributed by atoms with Crippen LogP contribution in [0.5, 0.6) is 5.75 Å². The number of anilines is 1. The van der Waals surface area contributed by atoms with Crippen molar-refractivity contribution in [3.63, 3.8) is 0 Å². The molecule has 2 fully saturated rings. The summed E-state index contributed by atoms with van der Waals surface area (Å²) in [4.78, 5) is 32.1. The van der Waals surface area contributed by atoms with E-state index in [0.717, 1.165) is 62.2 Å². The number of carbonyl (C=O) groups is 2. The molecule has 6 atom stereocenters. The van der Waals surface area contributed by atoms with Gasteiger partial charge in [-0.3, -0.25) is 9.59 Å². The molecule has 9 nitrogen and oxygen atoms in total. The number of fused-ring (bicyclic) bond motifs is 4. The van der Waals surface area contributed by atoms with Crippen molar-refractivity contribution in [2.24, 2.45) is 23.7 Å². The number of hydrogen-bond donors (Lipinski definition) is 1. The summed E-state index contributed by atoms with van der Waals surface area (Å²) in [7, 11) is -3.94. The molecule has 1 N–H and O–H groups in total. The molecular weight excluding hydrogens is 650 g/mol. The van der Waals surface area contributed by atoms with Gasteiger partial charge < -0.3 is 19.3 Å². The Bertz CT molecular complexity index is 1660. The highest BCUT2D eigenvalue weighted by molar-refractivity contribution is 7.90.